The van der Waals surface area contributed by atoms with Gasteiger partial charge in [0.05, 0.1) is 0 Å². The van der Waals surface area contributed by atoms with E-state index in [2.05, 4.69) is 11.1 Å². The van der Waals surface area contributed by atoms with Crippen molar-refractivity contribution in [3.63, 3.8) is 0 Å². The fourth-order valence-corrected chi connectivity index (χ4v) is 1.72. The Labute approximate surface area is 83.6 Å². The van der Waals surface area contributed by atoms with Gasteiger partial charge in [0.2, 0.25) is 0 Å². The molecule has 0 amide bonds. The number of nitrogens with zero attached hydrogens (tertiary/aromatic N) is 1. The number of rotatable bonds is 2. The van der Waals surface area contributed by atoms with Crippen LogP contribution in [0.25, 0.3) is 0 Å². The molecule has 0 radical (unpaired) electrons. The molecule has 66 valence electrons. The van der Waals surface area contributed by atoms with Crippen molar-refractivity contribution in [3.05, 3.63) is 30.1 Å². The highest BCUT2D eigenvalue weighted by Gasteiger charge is 2.38. The van der Waals surface area contributed by atoms with Gasteiger partial charge in [-0.25, -0.2) is 0 Å². The maximum Gasteiger partial charge on any atom is 0.0437 e. The van der Waals surface area contributed by atoms with Crippen molar-refractivity contribution in [3.8, 4) is 0 Å². The second-order valence-electron chi connectivity index (χ2n) is 3.01. The van der Waals surface area contributed by atoms with E-state index in [1.54, 1.807) is 0 Å². The zero-order valence-corrected chi connectivity index (χ0v) is 8.18. The van der Waals surface area contributed by atoms with Gasteiger partial charge < -0.3 is 0 Å². The van der Waals surface area contributed by atoms with Crippen molar-refractivity contribution in [2.24, 2.45) is 5.92 Å². The first-order chi connectivity index (χ1) is 5.42. The molecule has 3 heteroatoms. The molecular formula is C9H11Cl2N. The predicted molar refractivity (Wildman–Crippen MR) is 53.1 cm³/mol. The van der Waals surface area contributed by atoms with Gasteiger partial charge in [-0.2, -0.15) is 0 Å². The fraction of sp³-hybridized carbons (Fsp3) is 0.444. The monoisotopic (exact) mass is 203 g/mol. The number of hydrogen-bond donors (Lipinski definition) is 0. The Kier molecular flexibility index (Phi) is 3.36. The molecular weight excluding hydrogens is 193 g/mol. The van der Waals surface area contributed by atoms with Crippen LogP contribution in [0.2, 0.25) is 0 Å². The van der Waals surface area contributed by atoms with Crippen LogP contribution in [0.15, 0.2) is 24.4 Å². The summed E-state index contributed by atoms with van der Waals surface area (Å²) < 4.78 is 0. The lowest BCUT2D eigenvalue weighted by Gasteiger charge is -1.94. The molecule has 0 N–H and O–H groups in total. The van der Waals surface area contributed by atoms with Gasteiger partial charge in [0.1, 0.15) is 0 Å². The Morgan fingerprint density at radius 3 is 2.83 bits per heavy atom. The third kappa shape index (κ3) is 1.90. The zero-order valence-electron chi connectivity index (χ0n) is 6.61. The summed E-state index contributed by atoms with van der Waals surface area (Å²) in [5.74, 6) is 2.11. The first-order valence-electron chi connectivity index (χ1n) is 3.88. The summed E-state index contributed by atoms with van der Waals surface area (Å²) in [7, 11) is 0. The van der Waals surface area contributed by atoms with E-state index in [-0.39, 0.29) is 12.4 Å². The molecule has 1 aromatic rings. The molecule has 0 aliphatic heterocycles. The summed E-state index contributed by atoms with van der Waals surface area (Å²) in [5.41, 5.74) is 1.21. The minimum absolute atomic E-state index is 0. The first kappa shape index (κ1) is 9.82. The van der Waals surface area contributed by atoms with Crippen LogP contribution >= 0.6 is 24.0 Å². The molecule has 1 aromatic heterocycles. The van der Waals surface area contributed by atoms with Gasteiger partial charge in [-0.1, -0.05) is 6.07 Å². The van der Waals surface area contributed by atoms with E-state index in [0.29, 0.717) is 11.8 Å². The molecule has 0 aromatic carbocycles. The van der Waals surface area contributed by atoms with Gasteiger partial charge in [-0.15, -0.1) is 24.0 Å². The summed E-state index contributed by atoms with van der Waals surface area (Å²) in [6, 6.07) is 6.06. The van der Waals surface area contributed by atoms with E-state index in [1.165, 1.54) is 12.1 Å². The van der Waals surface area contributed by atoms with Gasteiger partial charge in [-0.3, -0.25) is 4.98 Å². The molecule has 1 aliphatic rings. The van der Waals surface area contributed by atoms with Crippen molar-refractivity contribution < 1.29 is 0 Å². The molecule has 0 saturated heterocycles. The molecule has 1 saturated carbocycles. The lowest BCUT2D eigenvalue weighted by molar-refractivity contribution is 0.892. The minimum atomic E-state index is 0. The molecule has 1 heterocycles. The summed E-state index contributed by atoms with van der Waals surface area (Å²) >= 11 is 5.72. The van der Waals surface area contributed by atoms with E-state index < -0.39 is 0 Å². The smallest absolute Gasteiger partial charge is 0.0437 e. The zero-order chi connectivity index (χ0) is 7.68. The van der Waals surface area contributed by atoms with E-state index in [9.17, 15) is 0 Å². The van der Waals surface area contributed by atoms with Crippen molar-refractivity contribution in [1.82, 2.24) is 4.98 Å². The van der Waals surface area contributed by atoms with Gasteiger partial charge in [-0.05, 0) is 24.5 Å². The SMILES string of the molecule is Cl.ClCC1CC1c1ccccn1. The molecule has 1 nitrogen and oxygen atoms in total. The van der Waals surface area contributed by atoms with Crippen LogP contribution in [0.3, 0.4) is 0 Å². The molecule has 0 bridgehead atoms. The number of alkyl halides is 1. The third-order valence-corrected chi connectivity index (χ3v) is 2.58. The normalized spacial score (nSPS) is 26.1. The van der Waals surface area contributed by atoms with Crippen LogP contribution in [0, 0.1) is 5.92 Å². The van der Waals surface area contributed by atoms with Crippen molar-refractivity contribution in [2.75, 3.05) is 5.88 Å². The lowest BCUT2D eigenvalue weighted by atomic mass is 10.2. The molecule has 1 fully saturated rings. The summed E-state index contributed by atoms with van der Waals surface area (Å²) in [4.78, 5) is 4.28. The van der Waals surface area contributed by atoms with Crippen molar-refractivity contribution >= 4 is 24.0 Å². The average molecular weight is 204 g/mol. The van der Waals surface area contributed by atoms with Crippen LogP contribution in [0.1, 0.15) is 18.0 Å². The average Bonchev–Trinajstić information content (AvgIpc) is 2.85. The Morgan fingerprint density at radius 1 is 1.50 bits per heavy atom. The van der Waals surface area contributed by atoms with Crippen LogP contribution in [0.4, 0.5) is 0 Å². The van der Waals surface area contributed by atoms with Crippen molar-refractivity contribution in [1.29, 1.82) is 0 Å². The van der Waals surface area contributed by atoms with Gasteiger partial charge in [0.15, 0.2) is 0 Å². The Morgan fingerprint density at radius 2 is 2.33 bits per heavy atom. The second-order valence-corrected chi connectivity index (χ2v) is 3.32. The van der Waals surface area contributed by atoms with Gasteiger partial charge in [0.25, 0.3) is 0 Å². The molecule has 0 spiro atoms. The summed E-state index contributed by atoms with van der Waals surface area (Å²) in [6.45, 7) is 0. The van der Waals surface area contributed by atoms with Crippen LogP contribution in [-0.2, 0) is 0 Å². The largest absolute Gasteiger partial charge is 0.261 e. The highest BCUT2D eigenvalue weighted by molar-refractivity contribution is 6.18. The predicted octanol–water partition coefficient (Wildman–Crippen LogP) is 2.85. The van der Waals surface area contributed by atoms with Crippen LogP contribution in [-0.4, -0.2) is 10.9 Å². The minimum Gasteiger partial charge on any atom is -0.261 e. The van der Waals surface area contributed by atoms with Crippen LogP contribution < -0.4 is 0 Å². The Hall–Kier alpha value is -0.270. The van der Waals surface area contributed by atoms with Crippen LogP contribution in [0.5, 0.6) is 0 Å². The molecule has 2 rings (SSSR count). The van der Waals surface area contributed by atoms with E-state index in [1.807, 2.05) is 18.3 Å². The first-order valence-corrected chi connectivity index (χ1v) is 4.42. The molecule has 1 aliphatic carbocycles. The molecule has 2 atom stereocenters. The van der Waals surface area contributed by atoms with E-state index >= 15 is 0 Å². The van der Waals surface area contributed by atoms with E-state index in [4.69, 9.17) is 11.6 Å². The lowest BCUT2D eigenvalue weighted by Crippen LogP contribution is -1.87. The molecule has 2 unspecified atom stereocenters. The fourth-order valence-electron chi connectivity index (χ4n) is 1.38. The second kappa shape index (κ2) is 4.11. The summed E-state index contributed by atoms with van der Waals surface area (Å²) in [5, 5.41) is 0. The number of halogens is 2. The summed E-state index contributed by atoms with van der Waals surface area (Å²) in [6.07, 6.45) is 3.07. The topological polar surface area (TPSA) is 12.9 Å². The highest BCUT2D eigenvalue weighted by Crippen LogP contribution is 2.46. The van der Waals surface area contributed by atoms with Crippen molar-refractivity contribution in [2.45, 2.75) is 12.3 Å². The quantitative estimate of drug-likeness (QED) is 0.675. The maximum atomic E-state index is 5.72. The number of hydrogen-bond acceptors (Lipinski definition) is 1. The van der Waals surface area contributed by atoms with E-state index in [0.717, 1.165) is 5.88 Å². The maximum absolute atomic E-state index is 5.72. The Bertz CT molecular complexity index is 238. The number of aromatic nitrogens is 1. The van der Waals surface area contributed by atoms with Gasteiger partial charge >= 0.3 is 0 Å². The Balaban J connectivity index is 0.000000720. The third-order valence-electron chi connectivity index (χ3n) is 2.19. The van der Waals surface area contributed by atoms with Gasteiger partial charge in [0, 0.05) is 23.7 Å². The highest BCUT2D eigenvalue weighted by atomic mass is 35.5. The standard InChI is InChI=1S/C9H10ClN.ClH/c10-6-7-5-8(7)9-3-1-2-4-11-9;/h1-4,7-8H,5-6H2;1H. The molecule has 12 heavy (non-hydrogen) atoms. The number of pyridine rings is 1.